The first-order valence-corrected chi connectivity index (χ1v) is 2.48. The molecular weight excluding hydrogens is 102 g/mol. The van der Waals surface area contributed by atoms with Gasteiger partial charge in [-0.05, 0) is 6.92 Å². The van der Waals surface area contributed by atoms with Crippen molar-refractivity contribution < 1.29 is 4.79 Å². The second-order valence-corrected chi connectivity index (χ2v) is 1.37. The minimum atomic E-state index is -0.0527. The van der Waals surface area contributed by atoms with Crippen LogP contribution in [0, 0.1) is 7.05 Å². The van der Waals surface area contributed by atoms with E-state index in [1.807, 2.05) is 13.0 Å². The van der Waals surface area contributed by atoms with E-state index in [1.165, 1.54) is 0 Å². The summed E-state index contributed by atoms with van der Waals surface area (Å²) in [6.07, 6.45) is 4.04. The van der Waals surface area contributed by atoms with Gasteiger partial charge in [-0.15, -0.1) is 0 Å². The van der Waals surface area contributed by atoms with E-state index < -0.39 is 0 Å². The molecule has 0 aromatic heterocycles. The maximum atomic E-state index is 10.3. The average molecular weight is 112 g/mol. The van der Waals surface area contributed by atoms with E-state index in [0.29, 0.717) is 6.42 Å². The van der Waals surface area contributed by atoms with Crippen molar-refractivity contribution in [1.29, 1.82) is 0 Å². The highest BCUT2D eigenvalue weighted by atomic mass is 16.1. The molecule has 1 amide bonds. The van der Waals surface area contributed by atoms with Gasteiger partial charge in [0.1, 0.15) is 0 Å². The van der Waals surface area contributed by atoms with Crippen molar-refractivity contribution in [2.24, 2.45) is 0 Å². The maximum absolute atomic E-state index is 10.3. The van der Waals surface area contributed by atoms with Crippen LogP contribution in [0.15, 0.2) is 12.2 Å². The Morgan fingerprint density at radius 2 is 2.50 bits per heavy atom. The molecule has 0 bridgehead atoms. The lowest BCUT2D eigenvalue weighted by atomic mass is 10.4. The van der Waals surface area contributed by atoms with Crippen molar-refractivity contribution in [3.8, 4) is 0 Å². The number of hydrogen-bond acceptors (Lipinski definition) is 1. The molecule has 0 saturated carbocycles. The molecule has 0 rings (SSSR count). The van der Waals surface area contributed by atoms with Gasteiger partial charge in [0, 0.05) is 13.5 Å². The van der Waals surface area contributed by atoms with Gasteiger partial charge < -0.3 is 5.32 Å². The number of carbonyl (C=O) groups excluding carboxylic acids is 1. The van der Waals surface area contributed by atoms with Crippen molar-refractivity contribution >= 4 is 5.91 Å². The summed E-state index contributed by atoms with van der Waals surface area (Å²) in [5.41, 5.74) is 0. The first-order valence-electron chi connectivity index (χ1n) is 2.48. The van der Waals surface area contributed by atoms with Crippen LogP contribution in [-0.4, -0.2) is 5.91 Å². The summed E-state index contributed by atoms with van der Waals surface area (Å²) in [5.74, 6) is -0.0527. The van der Waals surface area contributed by atoms with Gasteiger partial charge in [-0.1, -0.05) is 12.2 Å². The number of rotatable bonds is 2. The second-order valence-electron chi connectivity index (χ2n) is 1.37. The predicted molar refractivity (Wildman–Crippen MR) is 32.9 cm³/mol. The van der Waals surface area contributed by atoms with Crippen LogP contribution in [0.2, 0.25) is 0 Å². The Bertz CT molecular complexity index is 96.7. The quantitative estimate of drug-likeness (QED) is 0.527. The molecule has 0 aromatic rings. The third-order valence-corrected chi connectivity index (χ3v) is 0.736. The standard InChI is InChI=1S/C6H10NO/c1-3-4-5-6(8)7-2/h3-4H,2,5H2,1H3,(H,7,8)/b4-3+. The summed E-state index contributed by atoms with van der Waals surface area (Å²) >= 11 is 0. The molecule has 45 valence electrons. The zero-order valence-electron chi connectivity index (χ0n) is 4.98. The first kappa shape index (κ1) is 7.21. The van der Waals surface area contributed by atoms with E-state index in [-0.39, 0.29) is 5.91 Å². The van der Waals surface area contributed by atoms with E-state index in [9.17, 15) is 4.79 Å². The summed E-state index contributed by atoms with van der Waals surface area (Å²) in [6, 6.07) is 0. The van der Waals surface area contributed by atoms with E-state index in [4.69, 9.17) is 0 Å². The Morgan fingerprint density at radius 3 is 2.88 bits per heavy atom. The predicted octanol–water partition coefficient (Wildman–Crippen LogP) is 0.860. The highest BCUT2D eigenvalue weighted by Gasteiger charge is 1.88. The molecule has 1 radical (unpaired) electrons. The van der Waals surface area contributed by atoms with Crippen LogP contribution < -0.4 is 5.32 Å². The molecule has 0 spiro atoms. The largest absolute Gasteiger partial charge is 0.354 e. The molecule has 2 heteroatoms. The average Bonchev–Trinajstić information content (AvgIpc) is 1.83. The molecule has 1 N–H and O–H groups in total. The summed E-state index contributed by atoms with van der Waals surface area (Å²) in [7, 11) is 3.21. The molecule has 0 aromatic carbocycles. The summed E-state index contributed by atoms with van der Waals surface area (Å²) < 4.78 is 0. The van der Waals surface area contributed by atoms with Crippen LogP contribution >= 0.6 is 0 Å². The SMILES string of the molecule is [CH2]NC(=O)C/C=C/C. The second kappa shape index (κ2) is 4.37. The van der Waals surface area contributed by atoms with E-state index in [0.717, 1.165) is 0 Å². The molecule has 0 fully saturated rings. The van der Waals surface area contributed by atoms with Gasteiger partial charge in [0.15, 0.2) is 0 Å². The third-order valence-electron chi connectivity index (χ3n) is 0.736. The van der Waals surface area contributed by atoms with Gasteiger partial charge >= 0.3 is 0 Å². The Morgan fingerprint density at radius 1 is 1.88 bits per heavy atom. The van der Waals surface area contributed by atoms with Gasteiger partial charge in [-0.25, -0.2) is 0 Å². The van der Waals surface area contributed by atoms with Crippen LogP contribution in [0.25, 0.3) is 0 Å². The zero-order chi connectivity index (χ0) is 6.41. The highest BCUT2D eigenvalue weighted by Crippen LogP contribution is 1.79. The fraction of sp³-hybridized carbons (Fsp3) is 0.333. The molecule has 0 aliphatic heterocycles. The van der Waals surface area contributed by atoms with Crippen LogP contribution in [0.3, 0.4) is 0 Å². The molecule has 0 heterocycles. The first-order chi connectivity index (χ1) is 3.81. The third kappa shape index (κ3) is 3.40. The van der Waals surface area contributed by atoms with Crippen LogP contribution in [0.5, 0.6) is 0 Å². The monoisotopic (exact) mass is 112 g/mol. The fourth-order valence-electron chi connectivity index (χ4n) is 0.297. The summed E-state index contributed by atoms with van der Waals surface area (Å²) in [5, 5.41) is 2.26. The van der Waals surface area contributed by atoms with Crippen molar-refractivity contribution in [1.82, 2.24) is 5.32 Å². The lowest BCUT2D eigenvalue weighted by Crippen LogP contribution is -2.13. The van der Waals surface area contributed by atoms with Gasteiger partial charge in [-0.3, -0.25) is 4.79 Å². The molecule has 0 aliphatic carbocycles. The molecular formula is C6H10NO. The van der Waals surface area contributed by atoms with Crippen LogP contribution in [0.4, 0.5) is 0 Å². The molecule has 2 nitrogen and oxygen atoms in total. The van der Waals surface area contributed by atoms with Gasteiger partial charge in [0.25, 0.3) is 0 Å². The van der Waals surface area contributed by atoms with Crippen molar-refractivity contribution in [3.05, 3.63) is 19.2 Å². The highest BCUT2D eigenvalue weighted by molar-refractivity contribution is 5.77. The summed E-state index contributed by atoms with van der Waals surface area (Å²) in [4.78, 5) is 10.3. The van der Waals surface area contributed by atoms with Gasteiger partial charge in [0.05, 0.1) is 0 Å². The Balaban J connectivity index is 3.25. The Hall–Kier alpha value is -0.790. The topological polar surface area (TPSA) is 29.1 Å². The molecule has 0 aliphatic rings. The van der Waals surface area contributed by atoms with Crippen molar-refractivity contribution in [2.75, 3.05) is 0 Å². The van der Waals surface area contributed by atoms with E-state index in [1.54, 1.807) is 6.08 Å². The minimum Gasteiger partial charge on any atom is -0.354 e. The molecule has 8 heavy (non-hydrogen) atoms. The number of nitrogens with one attached hydrogen (secondary N) is 1. The van der Waals surface area contributed by atoms with Crippen LogP contribution in [-0.2, 0) is 4.79 Å². The van der Waals surface area contributed by atoms with Gasteiger partial charge in [-0.2, -0.15) is 0 Å². The molecule has 0 atom stereocenters. The summed E-state index contributed by atoms with van der Waals surface area (Å²) in [6.45, 7) is 1.87. The molecule has 0 saturated heterocycles. The Kier molecular flexibility index (Phi) is 3.94. The molecule has 0 unspecified atom stereocenters. The van der Waals surface area contributed by atoms with Crippen LogP contribution in [0.1, 0.15) is 13.3 Å². The normalized spacial score (nSPS) is 9.75. The smallest absolute Gasteiger partial charge is 0.223 e. The zero-order valence-corrected chi connectivity index (χ0v) is 4.98. The van der Waals surface area contributed by atoms with Gasteiger partial charge in [0.2, 0.25) is 5.91 Å². The lowest BCUT2D eigenvalue weighted by Gasteiger charge is -1.89. The fourth-order valence-corrected chi connectivity index (χ4v) is 0.297. The number of allylic oxidation sites excluding steroid dienone is 1. The lowest BCUT2D eigenvalue weighted by molar-refractivity contribution is -0.119. The maximum Gasteiger partial charge on any atom is 0.223 e. The van der Waals surface area contributed by atoms with Crippen molar-refractivity contribution in [2.45, 2.75) is 13.3 Å². The van der Waals surface area contributed by atoms with E-state index >= 15 is 0 Å². The van der Waals surface area contributed by atoms with E-state index in [2.05, 4.69) is 12.4 Å². The van der Waals surface area contributed by atoms with Crippen molar-refractivity contribution in [3.63, 3.8) is 0 Å². The minimum absolute atomic E-state index is 0.0527. The number of carbonyl (C=O) groups is 1. The Labute approximate surface area is 49.6 Å². The number of amides is 1. The number of hydrogen-bond donors (Lipinski definition) is 1.